The Morgan fingerprint density at radius 2 is 1.31 bits per heavy atom. The number of hydrogen-bond acceptors (Lipinski definition) is 5. The Labute approximate surface area is 273 Å². The van der Waals surface area contributed by atoms with E-state index in [1.54, 1.807) is 48.5 Å². The van der Waals surface area contributed by atoms with E-state index in [0.717, 1.165) is 16.7 Å². The number of nitrogens with one attached hydrogen (secondary N) is 3. The summed E-state index contributed by atoms with van der Waals surface area (Å²) < 4.78 is 5.54. The molecule has 8 nitrogen and oxygen atoms in total. The van der Waals surface area contributed by atoms with Gasteiger partial charge in [-0.15, -0.1) is 0 Å². The minimum atomic E-state index is -0.983. The summed E-state index contributed by atoms with van der Waals surface area (Å²) in [4.78, 5) is 40.6. The highest BCUT2D eigenvalue weighted by Gasteiger charge is 2.28. The average molecular weight is 648 g/mol. The van der Waals surface area contributed by atoms with E-state index in [2.05, 4.69) is 16.0 Å². The van der Waals surface area contributed by atoms with Crippen molar-refractivity contribution in [1.29, 1.82) is 0 Å². The van der Waals surface area contributed by atoms with E-state index in [-0.39, 0.29) is 19.4 Å². The van der Waals surface area contributed by atoms with Gasteiger partial charge < -0.3 is 26.4 Å². The second kappa shape index (κ2) is 16.6. The maximum atomic E-state index is 13.9. The predicted molar refractivity (Wildman–Crippen MR) is 177 cm³/mol. The summed E-state index contributed by atoms with van der Waals surface area (Å²) in [6.07, 6.45) is 0.328. The van der Waals surface area contributed by atoms with Crippen LogP contribution in [-0.4, -0.2) is 36.4 Å². The van der Waals surface area contributed by atoms with Crippen LogP contribution in [0.4, 0.5) is 0 Å². The summed E-state index contributed by atoms with van der Waals surface area (Å²) in [5.41, 5.74) is 9.47. The number of ether oxygens (including phenoxy) is 1. The Kier molecular flexibility index (Phi) is 12.4. The summed E-state index contributed by atoms with van der Waals surface area (Å²) in [6, 6.07) is 26.6. The number of halogens is 2. The van der Waals surface area contributed by atoms with E-state index in [1.165, 1.54) is 0 Å². The van der Waals surface area contributed by atoms with Crippen LogP contribution in [0.1, 0.15) is 39.5 Å². The lowest BCUT2D eigenvalue weighted by molar-refractivity contribution is -0.130. The molecule has 4 aromatic rings. The van der Waals surface area contributed by atoms with Gasteiger partial charge in [0.25, 0.3) is 5.91 Å². The fourth-order valence-electron chi connectivity index (χ4n) is 4.65. The van der Waals surface area contributed by atoms with E-state index in [9.17, 15) is 14.4 Å². The molecule has 0 aromatic heterocycles. The Morgan fingerprint density at radius 1 is 0.711 bits per heavy atom. The van der Waals surface area contributed by atoms with E-state index >= 15 is 0 Å². The quantitative estimate of drug-likeness (QED) is 0.149. The van der Waals surface area contributed by atoms with Crippen LogP contribution < -0.4 is 26.4 Å². The number of nitrogens with two attached hydrogens (primary N) is 1. The van der Waals surface area contributed by atoms with Crippen LogP contribution in [0, 0.1) is 0 Å². The molecule has 0 bridgehead atoms. The third kappa shape index (κ3) is 10.1. The fraction of sp³-hybridized carbons (Fsp3) is 0.229. The molecule has 0 saturated heterocycles. The normalized spacial score (nSPS) is 12.1. The van der Waals surface area contributed by atoms with Gasteiger partial charge in [-0.1, -0.05) is 83.9 Å². The number of amides is 3. The van der Waals surface area contributed by atoms with Gasteiger partial charge in [0.15, 0.2) is 0 Å². The number of carbonyl (C=O) groups is 3. The van der Waals surface area contributed by atoms with Crippen LogP contribution in [0.25, 0.3) is 0 Å². The van der Waals surface area contributed by atoms with E-state index < -0.39 is 29.8 Å². The first-order chi connectivity index (χ1) is 21.7. The maximum absolute atomic E-state index is 13.9. The van der Waals surface area contributed by atoms with Crippen molar-refractivity contribution in [2.24, 2.45) is 5.73 Å². The Bertz CT molecular complexity index is 1580. The van der Waals surface area contributed by atoms with Gasteiger partial charge in [0, 0.05) is 31.5 Å². The summed E-state index contributed by atoms with van der Waals surface area (Å²) in [7, 11) is 0. The molecule has 0 aliphatic rings. The zero-order chi connectivity index (χ0) is 32.2. The van der Waals surface area contributed by atoms with E-state index in [0.29, 0.717) is 40.1 Å². The van der Waals surface area contributed by atoms with Crippen LogP contribution in [-0.2, 0) is 35.5 Å². The first-order valence-corrected chi connectivity index (χ1v) is 15.4. The van der Waals surface area contributed by atoms with Crippen molar-refractivity contribution in [3.05, 3.63) is 135 Å². The molecule has 4 aromatic carbocycles. The van der Waals surface area contributed by atoms with Gasteiger partial charge in [0.2, 0.25) is 11.8 Å². The monoisotopic (exact) mass is 646 g/mol. The van der Waals surface area contributed by atoms with E-state index in [1.807, 2.05) is 55.5 Å². The van der Waals surface area contributed by atoms with Gasteiger partial charge in [0.1, 0.15) is 17.8 Å². The molecule has 3 amide bonds. The molecule has 0 aliphatic carbocycles. The van der Waals surface area contributed by atoms with Gasteiger partial charge >= 0.3 is 0 Å². The zero-order valence-corrected chi connectivity index (χ0v) is 26.4. The molecule has 0 fully saturated rings. The van der Waals surface area contributed by atoms with Crippen LogP contribution in [0.5, 0.6) is 5.75 Å². The standard InChI is InChI=1S/C35H36Cl2N4O4/c1-2-45-28-15-12-23(13-16-28)19-32(40-33(42)27-6-4-3-5-7-27)35(44)41-31(20-26-14-17-29(36)30(37)18-26)34(43)39-22-25-10-8-24(21-38)9-11-25/h3-18,31-32H,2,19-22,38H2,1H3,(H,39,43)(H,40,42)(H,41,44). The Morgan fingerprint density at radius 3 is 1.96 bits per heavy atom. The molecule has 0 aliphatic heterocycles. The number of carbonyl (C=O) groups excluding carboxylic acids is 3. The molecule has 0 heterocycles. The Hall–Kier alpha value is -4.37. The number of rotatable bonds is 14. The topological polar surface area (TPSA) is 123 Å². The smallest absolute Gasteiger partial charge is 0.251 e. The van der Waals surface area contributed by atoms with Gasteiger partial charge in [-0.05, 0) is 65.6 Å². The fourth-order valence-corrected chi connectivity index (χ4v) is 4.97. The van der Waals surface area contributed by atoms with E-state index in [4.69, 9.17) is 33.7 Å². The van der Waals surface area contributed by atoms with Gasteiger partial charge in [0.05, 0.1) is 16.7 Å². The summed E-state index contributed by atoms with van der Waals surface area (Å²) in [5.74, 6) is -0.619. The minimum absolute atomic E-state index is 0.142. The molecule has 0 saturated carbocycles. The van der Waals surface area contributed by atoms with Crippen LogP contribution >= 0.6 is 23.2 Å². The molecule has 234 valence electrons. The summed E-state index contributed by atoms with van der Waals surface area (Å²) >= 11 is 12.4. The lowest BCUT2D eigenvalue weighted by atomic mass is 10.0. The highest BCUT2D eigenvalue weighted by Crippen LogP contribution is 2.23. The van der Waals surface area contributed by atoms with Gasteiger partial charge in [-0.2, -0.15) is 0 Å². The maximum Gasteiger partial charge on any atom is 0.251 e. The zero-order valence-electron chi connectivity index (χ0n) is 24.9. The second-order valence-corrected chi connectivity index (χ2v) is 11.2. The van der Waals surface area contributed by atoms with Gasteiger partial charge in [-0.25, -0.2) is 0 Å². The molecule has 2 unspecified atom stereocenters. The lowest BCUT2D eigenvalue weighted by Gasteiger charge is -2.24. The molecular weight excluding hydrogens is 611 g/mol. The first-order valence-electron chi connectivity index (χ1n) is 14.6. The molecule has 0 radical (unpaired) electrons. The van der Waals surface area contributed by atoms with Crippen molar-refractivity contribution in [3.8, 4) is 5.75 Å². The SMILES string of the molecule is CCOc1ccc(CC(NC(=O)c2ccccc2)C(=O)NC(Cc2ccc(Cl)c(Cl)c2)C(=O)NCc2ccc(CN)cc2)cc1. The van der Waals surface area contributed by atoms with Crippen molar-refractivity contribution in [1.82, 2.24) is 16.0 Å². The average Bonchev–Trinajstić information content (AvgIpc) is 3.06. The molecule has 4 rings (SSSR count). The van der Waals surface area contributed by atoms with Gasteiger partial charge in [-0.3, -0.25) is 14.4 Å². The molecule has 0 spiro atoms. The minimum Gasteiger partial charge on any atom is -0.494 e. The van der Waals surface area contributed by atoms with Crippen LogP contribution in [0.15, 0.2) is 97.1 Å². The highest BCUT2D eigenvalue weighted by atomic mass is 35.5. The third-order valence-corrected chi connectivity index (χ3v) is 7.85. The molecular formula is C35H36Cl2N4O4. The molecule has 10 heteroatoms. The van der Waals surface area contributed by atoms with Crippen molar-refractivity contribution in [2.75, 3.05) is 6.61 Å². The molecule has 2 atom stereocenters. The largest absolute Gasteiger partial charge is 0.494 e. The molecule has 5 N–H and O–H groups in total. The van der Waals surface area contributed by atoms with Crippen molar-refractivity contribution in [3.63, 3.8) is 0 Å². The number of hydrogen-bond donors (Lipinski definition) is 4. The number of benzene rings is 4. The Balaban J connectivity index is 1.56. The predicted octanol–water partition coefficient (Wildman–Crippen LogP) is 5.24. The second-order valence-electron chi connectivity index (χ2n) is 10.4. The third-order valence-electron chi connectivity index (χ3n) is 7.11. The van der Waals surface area contributed by atoms with Crippen molar-refractivity contribution in [2.45, 2.75) is 44.9 Å². The van der Waals surface area contributed by atoms with Crippen molar-refractivity contribution >= 4 is 40.9 Å². The summed E-state index contributed by atoms with van der Waals surface area (Å²) in [6.45, 7) is 3.09. The van der Waals surface area contributed by atoms with Crippen molar-refractivity contribution < 1.29 is 19.1 Å². The highest BCUT2D eigenvalue weighted by molar-refractivity contribution is 6.42. The lowest BCUT2D eigenvalue weighted by Crippen LogP contribution is -2.55. The van der Waals surface area contributed by atoms with Crippen LogP contribution in [0.3, 0.4) is 0 Å². The molecule has 45 heavy (non-hydrogen) atoms. The summed E-state index contributed by atoms with van der Waals surface area (Å²) in [5, 5.41) is 9.36. The van der Waals surface area contributed by atoms with Crippen LogP contribution in [0.2, 0.25) is 10.0 Å². The first kappa shape index (κ1) is 33.5.